The van der Waals surface area contributed by atoms with Gasteiger partial charge in [0.25, 0.3) is 0 Å². The van der Waals surface area contributed by atoms with E-state index in [1.165, 1.54) is 19.1 Å². The summed E-state index contributed by atoms with van der Waals surface area (Å²) in [4.78, 5) is 1.82. The molecular weight excluding hydrogens is 395 g/mol. The van der Waals surface area contributed by atoms with Crippen molar-refractivity contribution in [2.45, 2.75) is 56.3 Å². The van der Waals surface area contributed by atoms with Crippen molar-refractivity contribution >= 4 is 15.7 Å². The fourth-order valence-corrected chi connectivity index (χ4v) is 4.10. The molecule has 2 heterocycles. The Kier molecular flexibility index (Phi) is 5.39. The van der Waals surface area contributed by atoms with E-state index in [4.69, 9.17) is 0 Å². The van der Waals surface area contributed by atoms with Crippen molar-refractivity contribution in [3.05, 3.63) is 23.4 Å². The SMILES string of the molecule is Cc1c(C(F)(F)F)nn(-c2ccc(S(C)(=O)=O)nn2)c1N(C)C1CCCCC1. The van der Waals surface area contributed by atoms with Crippen LogP contribution in [0.5, 0.6) is 0 Å². The van der Waals surface area contributed by atoms with Crippen molar-refractivity contribution in [3.63, 3.8) is 0 Å². The van der Waals surface area contributed by atoms with E-state index in [2.05, 4.69) is 15.3 Å². The third-order valence-electron chi connectivity index (χ3n) is 5.04. The molecule has 1 aliphatic rings. The molecule has 154 valence electrons. The van der Waals surface area contributed by atoms with E-state index in [0.717, 1.165) is 43.0 Å². The number of hydrogen-bond donors (Lipinski definition) is 0. The van der Waals surface area contributed by atoms with Crippen LogP contribution in [0.25, 0.3) is 5.82 Å². The lowest BCUT2D eigenvalue weighted by Crippen LogP contribution is -2.35. The van der Waals surface area contributed by atoms with Crippen LogP contribution in [0.2, 0.25) is 0 Å². The molecule has 0 unspecified atom stereocenters. The summed E-state index contributed by atoms with van der Waals surface area (Å²) in [7, 11) is -1.81. The number of nitrogens with zero attached hydrogens (tertiary/aromatic N) is 5. The first-order chi connectivity index (χ1) is 13.0. The third kappa shape index (κ3) is 3.98. The summed E-state index contributed by atoms with van der Waals surface area (Å²) in [5.41, 5.74) is -0.978. The highest BCUT2D eigenvalue weighted by Gasteiger charge is 2.39. The fraction of sp³-hybridized carbons (Fsp3) is 0.588. The van der Waals surface area contributed by atoms with Crippen molar-refractivity contribution in [1.82, 2.24) is 20.0 Å². The van der Waals surface area contributed by atoms with E-state index in [1.807, 2.05) is 4.90 Å². The van der Waals surface area contributed by atoms with Gasteiger partial charge in [-0.05, 0) is 31.9 Å². The van der Waals surface area contributed by atoms with Gasteiger partial charge in [-0.2, -0.15) is 23.0 Å². The van der Waals surface area contributed by atoms with Crippen LogP contribution in [0.15, 0.2) is 17.2 Å². The van der Waals surface area contributed by atoms with Gasteiger partial charge < -0.3 is 4.90 Å². The molecule has 1 saturated carbocycles. The minimum absolute atomic E-state index is 0.00885. The molecule has 28 heavy (non-hydrogen) atoms. The second-order valence-electron chi connectivity index (χ2n) is 7.11. The monoisotopic (exact) mass is 417 g/mol. The summed E-state index contributed by atoms with van der Waals surface area (Å²) in [6.45, 7) is 1.39. The summed E-state index contributed by atoms with van der Waals surface area (Å²) >= 11 is 0. The van der Waals surface area contributed by atoms with Gasteiger partial charge in [-0.15, -0.1) is 10.2 Å². The smallest absolute Gasteiger partial charge is 0.356 e. The maximum Gasteiger partial charge on any atom is 0.435 e. The Bertz CT molecular complexity index is 948. The lowest BCUT2D eigenvalue weighted by molar-refractivity contribution is -0.141. The zero-order chi connectivity index (χ0) is 20.7. The molecule has 0 aromatic carbocycles. The van der Waals surface area contributed by atoms with Gasteiger partial charge in [-0.1, -0.05) is 19.3 Å². The molecule has 0 bridgehead atoms. The molecule has 2 aromatic heterocycles. The van der Waals surface area contributed by atoms with Gasteiger partial charge in [0.05, 0.1) is 0 Å². The van der Waals surface area contributed by atoms with Crippen LogP contribution >= 0.6 is 0 Å². The highest BCUT2D eigenvalue weighted by molar-refractivity contribution is 7.90. The van der Waals surface area contributed by atoms with Crippen LogP contribution in [0.3, 0.4) is 0 Å². The van der Waals surface area contributed by atoms with E-state index in [0.29, 0.717) is 5.82 Å². The van der Waals surface area contributed by atoms with Crippen molar-refractivity contribution in [1.29, 1.82) is 0 Å². The topological polar surface area (TPSA) is 81.0 Å². The van der Waals surface area contributed by atoms with Gasteiger partial charge in [0.1, 0.15) is 5.82 Å². The molecule has 1 fully saturated rings. The minimum atomic E-state index is -4.61. The Balaban J connectivity index is 2.11. The molecule has 0 spiro atoms. The third-order valence-corrected chi connectivity index (χ3v) is 6.02. The highest BCUT2D eigenvalue weighted by atomic mass is 32.2. The Morgan fingerprint density at radius 2 is 1.79 bits per heavy atom. The molecule has 0 radical (unpaired) electrons. The number of rotatable bonds is 4. The first-order valence-electron chi connectivity index (χ1n) is 8.94. The number of alkyl halides is 3. The van der Waals surface area contributed by atoms with Gasteiger partial charge in [-0.3, -0.25) is 0 Å². The summed E-state index contributed by atoms with van der Waals surface area (Å²) in [6, 6.07) is 2.63. The highest BCUT2D eigenvalue weighted by Crippen LogP contribution is 2.38. The maximum absolute atomic E-state index is 13.5. The maximum atomic E-state index is 13.5. The first kappa shape index (κ1) is 20.6. The van der Waals surface area contributed by atoms with E-state index >= 15 is 0 Å². The molecule has 2 aromatic rings. The molecule has 0 saturated heterocycles. The molecular formula is C17H22F3N5O2S. The van der Waals surface area contributed by atoms with E-state index in [1.54, 1.807) is 7.05 Å². The lowest BCUT2D eigenvalue weighted by atomic mass is 9.94. The van der Waals surface area contributed by atoms with Crippen molar-refractivity contribution < 1.29 is 21.6 Å². The van der Waals surface area contributed by atoms with Gasteiger partial charge in [0.15, 0.2) is 26.4 Å². The van der Waals surface area contributed by atoms with Crippen molar-refractivity contribution in [2.24, 2.45) is 0 Å². The standard InChI is InChI=1S/C17H22F3N5O2S/c1-11-15(17(18,19)20)23-25(13-9-10-14(22-21-13)28(3,26)27)16(11)24(2)12-7-5-4-6-8-12/h9-10,12H,4-8H2,1-3H3. The Labute approximate surface area is 161 Å². The minimum Gasteiger partial charge on any atom is -0.356 e. The molecule has 7 nitrogen and oxygen atoms in total. The second-order valence-corrected chi connectivity index (χ2v) is 9.07. The van der Waals surface area contributed by atoms with E-state index in [9.17, 15) is 21.6 Å². The summed E-state index contributed by atoms with van der Waals surface area (Å²) < 4.78 is 64.7. The predicted molar refractivity (Wildman–Crippen MR) is 97.3 cm³/mol. The number of hydrogen-bond acceptors (Lipinski definition) is 6. The average molecular weight is 417 g/mol. The number of sulfone groups is 1. The van der Waals surface area contributed by atoms with Gasteiger partial charge >= 0.3 is 6.18 Å². The zero-order valence-electron chi connectivity index (χ0n) is 15.9. The molecule has 0 aliphatic heterocycles. The quantitative estimate of drug-likeness (QED) is 0.760. The number of halogens is 3. The zero-order valence-corrected chi connectivity index (χ0v) is 16.7. The van der Waals surface area contributed by atoms with Crippen LogP contribution in [-0.2, 0) is 16.0 Å². The van der Waals surface area contributed by atoms with Gasteiger partial charge in [-0.25, -0.2) is 8.42 Å². The van der Waals surface area contributed by atoms with Gasteiger partial charge in [0, 0.05) is 24.9 Å². The summed E-state index contributed by atoms with van der Waals surface area (Å²) in [5, 5.41) is 11.0. The molecule has 11 heteroatoms. The second kappa shape index (κ2) is 7.34. The van der Waals surface area contributed by atoms with Crippen LogP contribution in [-0.4, -0.2) is 47.7 Å². The van der Waals surface area contributed by atoms with Crippen molar-refractivity contribution in [2.75, 3.05) is 18.2 Å². The number of anilines is 1. The molecule has 1 aliphatic carbocycles. The van der Waals surface area contributed by atoms with Crippen LogP contribution in [0.4, 0.5) is 19.0 Å². The number of aromatic nitrogens is 4. The van der Waals surface area contributed by atoms with Gasteiger partial charge in [0.2, 0.25) is 0 Å². The Morgan fingerprint density at radius 3 is 2.29 bits per heavy atom. The van der Waals surface area contributed by atoms with Crippen molar-refractivity contribution in [3.8, 4) is 5.82 Å². The van der Waals surface area contributed by atoms with E-state index < -0.39 is 21.7 Å². The molecule has 0 amide bonds. The fourth-order valence-electron chi connectivity index (χ4n) is 3.60. The van der Waals surface area contributed by atoms with Crippen LogP contribution in [0, 0.1) is 6.92 Å². The van der Waals surface area contributed by atoms with Crippen LogP contribution in [0.1, 0.15) is 43.4 Å². The van der Waals surface area contributed by atoms with Crippen LogP contribution < -0.4 is 4.90 Å². The lowest BCUT2D eigenvalue weighted by Gasteiger charge is -2.33. The van der Waals surface area contributed by atoms with E-state index in [-0.39, 0.29) is 22.4 Å². The average Bonchev–Trinajstić information content (AvgIpc) is 2.99. The summed E-state index contributed by atoms with van der Waals surface area (Å²) in [6.07, 6.45) is 1.32. The normalized spacial score (nSPS) is 16.4. The first-order valence-corrected chi connectivity index (χ1v) is 10.8. The Hall–Kier alpha value is -2.17. The molecule has 0 N–H and O–H groups in total. The largest absolute Gasteiger partial charge is 0.435 e. The molecule has 3 rings (SSSR count). The summed E-state index contributed by atoms with van der Waals surface area (Å²) in [5.74, 6) is 0.323. The molecule has 0 atom stereocenters. The Morgan fingerprint density at radius 1 is 1.14 bits per heavy atom. The predicted octanol–water partition coefficient (Wildman–Crippen LogP) is 3.16.